The molecule has 0 radical (unpaired) electrons. The summed E-state index contributed by atoms with van der Waals surface area (Å²) in [5.74, 6) is -1.11. The Morgan fingerprint density at radius 2 is 1.89 bits per heavy atom. The number of carbonyl (C=O) groups excluding carboxylic acids is 2. The largest absolute Gasteiger partial charge is 0.444 e. The molecule has 1 aromatic rings. The molecule has 27 heavy (non-hydrogen) atoms. The number of nitrogens with one attached hydrogen (secondary N) is 1. The Hall–Kier alpha value is -2.78. The summed E-state index contributed by atoms with van der Waals surface area (Å²) in [4.78, 5) is 28.0. The number of hydrogen-bond acceptors (Lipinski definition) is 5. The van der Waals surface area contributed by atoms with Crippen LogP contribution < -0.4 is 11.1 Å². The zero-order valence-electron chi connectivity index (χ0n) is 15.4. The van der Waals surface area contributed by atoms with Gasteiger partial charge >= 0.3 is 18.2 Å². The van der Waals surface area contributed by atoms with Crippen LogP contribution in [0.15, 0.2) is 29.4 Å². The summed E-state index contributed by atoms with van der Waals surface area (Å²) in [6, 6.07) is 3.47. The number of nitrogens with zero attached hydrogens (tertiary/aromatic N) is 1. The average molecular weight is 389 g/mol. The van der Waals surface area contributed by atoms with Crippen molar-refractivity contribution < 1.29 is 32.3 Å². The van der Waals surface area contributed by atoms with Crippen molar-refractivity contribution >= 4 is 17.9 Å². The third-order valence-electron chi connectivity index (χ3n) is 2.98. The van der Waals surface area contributed by atoms with Gasteiger partial charge in [0, 0.05) is 6.42 Å². The van der Waals surface area contributed by atoms with Crippen LogP contribution in [0.25, 0.3) is 0 Å². The summed E-state index contributed by atoms with van der Waals surface area (Å²) in [7, 11) is 0. The average Bonchev–Trinajstić information content (AvgIpc) is 2.50. The van der Waals surface area contributed by atoms with Crippen molar-refractivity contribution in [1.82, 2.24) is 5.32 Å². The van der Waals surface area contributed by atoms with Gasteiger partial charge in [-0.1, -0.05) is 23.4 Å². The van der Waals surface area contributed by atoms with Gasteiger partial charge in [-0.25, -0.2) is 9.59 Å². The first-order valence-electron chi connectivity index (χ1n) is 7.97. The third-order valence-corrected chi connectivity index (χ3v) is 2.98. The lowest BCUT2D eigenvalue weighted by molar-refractivity contribution is -0.145. The Morgan fingerprint density at radius 3 is 2.44 bits per heavy atom. The van der Waals surface area contributed by atoms with E-state index in [0.717, 1.165) is 12.1 Å². The molecule has 0 aromatic heterocycles. The number of nitrogens with two attached hydrogens (primary N) is 1. The molecule has 1 aromatic carbocycles. The zero-order valence-corrected chi connectivity index (χ0v) is 15.4. The van der Waals surface area contributed by atoms with Crippen LogP contribution in [0.3, 0.4) is 0 Å². The monoisotopic (exact) mass is 389 g/mol. The molecule has 0 aliphatic carbocycles. The van der Waals surface area contributed by atoms with Gasteiger partial charge in [0.15, 0.2) is 0 Å². The summed E-state index contributed by atoms with van der Waals surface area (Å²) < 4.78 is 43.0. The molecule has 1 rings (SSSR count). The number of amides is 1. The van der Waals surface area contributed by atoms with Gasteiger partial charge in [0.2, 0.25) is 0 Å². The number of oxime groups is 1. The van der Waals surface area contributed by atoms with Gasteiger partial charge in [-0.2, -0.15) is 13.2 Å². The number of alkyl halides is 3. The fraction of sp³-hybridized carbons (Fsp3) is 0.471. The SMILES string of the molecule is C[C@H](NC(=O)OC(C)(C)C)C(=O)O/N=C(\N)Cc1cccc(C(F)(F)F)c1. The standard InChI is InChI=1S/C17H22F3N3O4/c1-10(22-15(25)26-16(2,3)4)14(24)27-23-13(21)9-11-6-5-7-12(8-11)17(18,19)20/h5-8,10H,9H2,1-4H3,(H2,21,23)(H,22,25)/t10-/m0/s1. The molecule has 0 heterocycles. The minimum Gasteiger partial charge on any atom is -0.444 e. The summed E-state index contributed by atoms with van der Waals surface area (Å²) in [5, 5.41) is 5.65. The van der Waals surface area contributed by atoms with Crippen LogP contribution in [0, 0.1) is 0 Å². The van der Waals surface area contributed by atoms with Gasteiger partial charge in [0.1, 0.15) is 17.5 Å². The van der Waals surface area contributed by atoms with Crippen molar-refractivity contribution in [2.45, 2.75) is 51.9 Å². The molecule has 3 N–H and O–H groups in total. The summed E-state index contributed by atoms with van der Waals surface area (Å²) in [6.07, 6.45) is -5.43. The van der Waals surface area contributed by atoms with Crippen molar-refractivity contribution in [2.75, 3.05) is 0 Å². The van der Waals surface area contributed by atoms with E-state index in [2.05, 4.69) is 15.3 Å². The van der Waals surface area contributed by atoms with Gasteiger partial charge in [-0.05, 0) is 39.3 Å². The molecule has 0 aliphatic rings. The highest BCUT2D eigenvalue weighted by atomic mass is 19.4. The van der Waals surface area contributed by atoms with Gasteiger partial charge in [-0.15, -0.1) is 0 Å². The van der Waals surface area contributed by atoms with E-state index in [0.29, 0.717) is 0 Å². The summed E-state index contributed by atoms with van der Waals surface area (Å²) in [5.41, 5.74) is 4.27. The van der Waals surface area contributed by atoms with Crippen molar-refractivity contribution in [2.24, 2.45) is 10.9 Å². The lowest BCUT2D eigenvalue weighted by atomic mass is 10.1. The highest BCUT2D eigenvalue weighted by Crippen LogP contribution is 2.29. The second-order valence-electron chi connectivity index (χ2n) is 6.74. The van der Waals surface area contributed by atoms with Gasteiger partial charge in [0.05, 0.1) is 5.56 Å². The molecule has 0 aliphatic heterocycles. The molecule has 10 heteroatoms. The Balaban J connectivity index is 2.61. The zero-order chi connectivity index (χ0) is 20.8. The number of hydrogen-bond donors (Lipinski definition) is 2. The maximum atomic E-state index is 12.7. The van der Waals surface area contributed by atoms with Crippen molar-refractivity contribution in [1.29, 1.82) is 0 Å². The van der Waals surface area contributed by atoms with Crippen LogP contribution in [0.5, 0.6) is 0 Å². The smallest absolute Gasteiger partial charge is 0.416 e. The van der Waals surface area contributed by atoms with Crippen LogP contribution in [0.2, 0.25) is 0 Å². The lowest BCUT2D eigenvalue weighted by Gasteiger charge is -2.20. The molecule has 0 saturated carbocycles. The molecule has 0 saturated heterocycles. The van der Waals surface area contributed by atoms with E-state index in [1.807, 2.05) is 0 Å². The van der Waals surface area contributed by atoms with Crippen LogP contribution in [-0.2, 0) is 27.0 Å². The maximum absolute atomic E-state index is 12.7. The van der Waals surface area contributed by atoms with Crippen LogP contribution in [-0.4, -0.2) is 29.5 Å². The predicted molar refractivity (Wildman–Crippen MR) is 91.7 cm³/mol. The van der Waals surface area contributed by atoms with E-state index >= 15 is 0 Å². The molecule has 0 unspecified atom stereocenters. The first kappa shape index (κ1) is 22.3. The van der Waals surface area contributed by atoms with Crippen LogP contribution in [0.1, 0.15) is 38.8 Å². The summed E-state index contributed by atoms with van der Waals surface area (Å²) >= 11 is 0. The van der Waals surface area contributed by atoms with Crippen LogP contribution >= 0.6 is 0 Å². The minimum atomic E-state index is -4.48. The molecule has 0 spiro atoms. The molecule has 0 bridgehead atoms. The highest BCUT2D eigenvalue weighted by Gasteiger charge is 2.30. The number of amidine groups is 1. The second-order valence-corrected chi connectivity index (χ2v) is 6.74. The quantitative estimate of drug-likeness (QED) is 0.349. The molecule has 7 nitrogen and oxygen atoms in total. The van der Waals surface area contributed by atoms with Gasteiger partial charge < -0.3 is 20.6 Å². The Labute approximate surface area is 154 Å². The minimum absolute atomic E-state index is 0.148. The normalized spacial score (nSPS) is 13.7. The molecule has 0 fully saturated rings. The van der Waals surface area contributed by atoms with E-state index in [9.17, 15) is 22.8 Å². The van der Waals surface area contributed by atoms with Crippen LogP contribution in [0.4, 0.5) is 18.0 Å². The Kier molecular flexibility index (Phi) is 7.21. The number of ether oxygens (including phenoxy) is 1. The topological polar surface area (TPSA) is 103 Å². The third kappa shape index (κ3) is 8.43. The fourth-order valence-electron chi connectivity index (χ4n) is 1.82. The van der Waals surface area contributed by atoms with E-state index in [4.69, 9.17) is 10.5 Å². The molecular formula is C17H22F3N3O4. The van der Waals surface area contributed by atoms with Gasteiger partial charge in [0.25, 0.3) is 0 Å². The second kappa shape index (κ2) is 8.74. The van der Waals surface area contributed by atoms with E-state index in [1.165, 1.54) is 19.1 Å². The number of benzene rings is 1. The number of alkyl carbamates (subject to hydrolysis) is 1. The van der Waals surface area contributed by atoms with Crippen molar-refractivity contribution in [3.05, 3.63) is 35.4 Å². The fourth-order valence-corrected chi connectivity index (χ4v) is 1.82. The van der Waals surface area contributed by atoms with Crippen molar-refractivity contribution in [3.8, 4) is 0 Å². The maximum Gasteiger partial charge on any atom is 0.416 e. The molecule has 150 valence electrons. The number of halogens is 3. The Morgan fingerprint density at radius 1 is 1.26 bits per heavy atom. The molecular weight excluding hydrogens is 367 g/mol. The van der Waals surface area contributed by atoms with E-state index in [1.54, 1.807) is 20.8 Å². The van der Waals surface area contributed by atoms with E-state index in [-0.39, 0.29) is 17.8 Å². The van der Waals surface area contributed by atoms with E-state index < -0.39 is 35.4 Å². The number of carbonyl (C=O) groups is 2. The van der Waals surface area contributed by atoms with Gasteiger partial charge in [-0.3, -0.25) is 0 Å². The highest BCUT2D eigenvalue weighted by molar-refractivity contribution is 5.84. The summed E-state index contributed by atoms with van der Waals surface area (Å²) in [6.45, 7) is 6.34. The molecule has 1 atom stereocenters. The van der Waals surface area contributed by atoms with Crippen molar-refractivity contribution in [3.63, 3.8) is 0 Å². The molecule has 1 amide bonds. The predicted octanol–water partition coefficient (Wildman–Crippen LogP) is 2.98. The first-order chi connectivity index (χ1) is 12.3. The number of rotatable bonds is 5. The Bertz CT molecular complexity index is 712. The lowest BCUT2D eigenvalue weighted by Crippen LogP contribution is -2.42. The first-order valence-corrected chi connectivity index (χ1v) is 7.97.